The molecule has 1 saturated heterocycles. The van der Waals surface area contributed by atoms with E-state index in [2.05, 4.69) is 6.58 Å². The molecule has 0 saturated carbocycles. The minimum absolute atomic E-state index is 0.125. The van der Waals surface area contributed by atoms with Crippen molar-refractivity contribution in [2.75, 3.05) is 20.3 Å². The number of ether oxygens (including phenoxy) is 4. The van der Waals surface area contributed by atoms with Gasteiger partial charge < -0.3 is 54.5 Å². The van der Waals surface area contributed by atoms with Gasteiger partial charge in [0, 0.05) is 25.3 Å². The van der Waals surface area contributed by atoms with E-state index in [1.807, 2.05) is 0 Å². The molecule has 3 heterocycles. The second kappa shape index (κ2) is 12.1. The molecule has 40 heavy (non-hydrogen) atoms. The van der Waals surface area contributed by atoms with Crippen LogP contribution in [0.25, 0.3) is 0 Å². The molecular weight excluding hydrogens is 530 g/mol. The molecule has 1 aromatic rings. The number of esters is 1. The molecule has 13 heteroatoms. The van der Waals surface area contributed by atoms with Gasteiger partial charge in [-0.25, -0.2) is 4.79 Å². The molecule has 0 unspecified atom stereocenters. The minimum atomic E-state index is -1.69. The first-order valence-corrected chi connectivity index (χ1v) is 12.9. The highest BCUT2D eigenvalue weighted by atomic mass is 16.8. The number of aromatic hydroxyl groups is 2. The number of aliphatic hydroxyl groups excluding tert-OH is 4. The summed E-state index contributed by atoms with van der Waals surface area (Å²) >= 11 is 0. The molecule has 220 valence electrons. The van der Waals surface area contributed by atoms with Gasteiger partial charge in [0.05, 0.1) is 31.6 Å². The van der Waals surface area contributed by atoms with E-state index in [4.69, 9.17) is 18.9 Å². The van der Waals surface area contributed by atoms with Crippen molar-refractivity contribution >= 4 is 11.9 Å². The molecule has 0 bridgehead atoms. The zero-order valence-corrected chi connectivity index (χ0v) is 22.1. The number of phenols is 2. The van der Waals surface area contributed by atoms with Crippen LogP contribution in [0.15, 0.2) is 36.6 Å². The maximum Gasteiger partial charge on any atom is 0.337 e. The Morgan fingerprint density at radius 2 is 1.82 bits per heavy atom. The fourth-order valence-electron chi connectivity index (χ4n) is 5.63. The summed E-state index contributed by atoms with van der Waals surface area (Å²) in [5, 5.41) is 60.5. The van der Waals surface area contributed by atoms with Crippen molar-refractivity contribution in [3.05, 3.63) is 47.7 Å². The molecule has 1 amide bonds. The third-order valence-electron chi connectivity index (χ3n) is 7.79. The number of benzene rings is 1. The number of aliphatic hydroxyl groups is 4. The Bertz CT molecular complexity index is 1150. The van der Waals surface area contributed by atoms with Gasteiger partial charge in [0.2, 0.25) is 12.2 Å². The summed E-state index contributed by atoms with van der Waals surface area (Å²) < 4.78 is 22.0. The lowest BCUT2D eigenvalue weighted by molar-refractivity contribution is -0.339. The van der Waals surface area contributed by atoms with Crippen molar-refractivity contribution in [3.63, 3.8) is 0 Å². The average molecular weight is 566 g/mol. The molecule has 9 atom stereocenters. The van der Waals surface area contributed by atoms with E-state index in [1.165, 1.54) is 32.2 Å². The summed E-state index contributed by atoms with van der Waals surface area (Å²) in [5.74, 6) is -3.06. The van der Waals surface area contributed by atoms with Crippen LogP contribution in [0, 0.1) is 11.8 Å². The zero-order chi connectivity index (χ0) is 29.3. The topological polar surface area (TPSA) is 196 Å². The molecule has 13 nitrogen and oxygen atoms in total. The number of fused-ring (bicyclic) bond motifs is 1. The summed E-state index contributed by atoms with van der Waals surface area (Å²) in [6, 6.07) is 2.22. The highest BCUT2D eigenvalue weighted by molar-refractivity contribution is 5.89. The maximum atomic E-state index is 12.8. The number of hydrogen-bond acceptors (Lipinski definition) is 12. The molecule has 4 rings (SSSR count). The molecule has 3 aliphatic rings. The molecular formula is C27H35NO12. The van der Waals surface area contributed by atoms with Crippen LogP contribution in [-0.4, -0.2) is 105 Å². The van der Waals surface area contributed by atoms with E-state index in [1.54, 1.807) is 4.90 Å². The van der Waals surface area contributed by atoms with Gasteiger partial charge in [0.15, 0.2) is 17.8 Å². The lowest BCUT2D eigenvalue weighted by Crippen LogP contribution is -2.60. The molecule has 0 aromatic heterocycles. The number of hydrogen-bond donors (Lipinski definition) is 6. The number of nitrogens with zero attached hydrogens (tertiary/aromatic N) is 1. The standard InChI is InChI=1S/C27H35NO12/c1-4-14-16(8-18-15-9-20(32)19(31)7-13(15)5-6-28(18)12(2)30)17(25(36)37-3)11-38-26(14)40-27-24(35)23(34)22(33)21(10-29)39-27/h4,7,9,11,14,16,18,21-24,26-27,29,31-35H,1,5-6,8,10H2,2-3H3/t14-,16-,18-,21-,22-,23+,24-,26+,27-/m1/s1. The van der Waals surface area contributed by atoms with E-state index < -0.39 is 67.4 Å². The van der Waals surface area contributed by atoms with E-state index in [9.17, 15) is 40.2 Å². The summed E-state index contributed by atoms with van der Waals surface area (Å²) in [6.07, 6.45) is -5.67. The van der Waals surface area contributed by atoms with Crippen molar-refractivity contribution in [3.8, 4) is 11.5 Å². The average Bonchev–Trinajstić information content (AvgIpc) is 2.93. The Hall–Kier alpha value is -3.20. The summed E-state index contributed by atoms with van der Waals surface area (Å²) in [6.45, 7) is 4.96. The Kier molecular flexibility index (Phi) is 9.02. The third-order valence-corrected chi connectivity index (χ3v) is 7.79. The first-order chi connectivity index (χ1) is 19.0. The number of phenolic OH excluding ortho intramolecular Hbond substituents is 2. The smallest absolute Gasteiger partial charge is 0.337 e. The fourth-order valence-corrected chi connectivity index (χ4v) is 5.63. The van der Waals surface area contributed by atoms with Gasteiger partial charge in [-0.2, -0.15) is 0 Å². The van der Waals surface area contributed by atoms with Gasteiger partial charge in [0.1, 0.15) is 24.4 Å². The van der Waals surface area contributed by atoms with Gasteiger partial charge >= 0.3 is 5.97 Å². The first kappa shape index (κ1) is 29.8. The Morgan fingerprint density at radius 1 is 1.12 bits per heavy atom. The van der Waals surface area contributed by atoms with E-state index in [-0.39, 0.29) is 29.4 Å². The molecule has 1 fully saturated rings. The van der Waals surface area contributed by atoms with E-state index in [0.717, 1.165) is 11.8 Å². The highest BCUT2D eigenvalue weighted by Crippen LogP contribution is 2.45. The number of amides is 1. The van der Waals surface area contributed by atoms with E-state index >= 15 is 0 Å². The van der Waals surface area contributed by atoms with Gasteiger partial charge in [-0.15, -0.1) is 6.58 Å². The van der Waals surface area contributed by atoms with Crippen LogP contribution in [-0.2, 0) is 35.0 Å². The highest BCUT2D eigenvalue weighted by Gasteiger charge is 2.48. The van der Waals surface area contributed by atoms with Crippen LogP contribution in [0.5, 0.6) is 11.5 Å². The molecule has 3 aliphatic heterocycles. The maximum absolute atomic E-state index is 12.8. The second-order valence-corrected chi connectivity index (χ2v) is 10.1. The van der Waals surface area contributed by atoms with Crippen molar-refractivity contribution in [1.82, 2.24) is 4.90 Å². The quantitative estimate of drug-likeness (QED) is 0.142. The van der Waals surface area contributed by atoms with Crippen LogP contribution in [0.1, 0.15) is 30.5 Å². The Morgan fingerprint density at radius 3 is 2.45 bits per heavy atom. The van der Waals surface area contributed by atoms with Crippen LogP contribution in [0.2, 0.25) is 0 Å². The van der Waals surface area contributed by atoms with Crippen molar-refractivity contribution in [2.24, 2.45) is 11.8 Å². The van der Waals surface area contributed by atoms with Gasteiger partial charge in [-0.1, -0.05) is 6.08 Å². The largest absolute Gasteiger partial charge is 0.504 e. The number of carbonyl (C=O) groups is 2. The number of rotatable bonds is 7. The minimum Gasteiger partial charge on any atom is -0.504 e. The van der Waals surface area contributed by atoms with Gasteiger partial charge in [-0.3, -0.25) is 4.79 Å². The van der Waals surface area contributed by atoms with Gasteiger partial charge in [-0.05, 0) is 36.1 Å². The van der Waals surface area contributed by atoms with Gasteiger partial charge in [0.25, 0.3) is 0 Å². The summed E-state index contributed by atoms with van der Waals surface area (Å²) in [5.41, 5.74) is 1.46. The van der Waals surface area contributed by atoms with Crippen LogP contribution in [0.4, 0.5) is 0 Å². The fraction of sp³-hybridized carbons (Fsp3) is 0.556. The number of carbonyl (C=O) groups excluding carboxylic acids is 2. The van der Waals surface area contributed by atoms with Crippen LogP contribution >= 0.6 is 0 Å². The Balaban J connectivity index is 1.69. The zero-order valence-electron chi connectivity index (χ0n) is 22.1. The monoisotopic (exact) mass is 565 g/mol. The van der Waals surface area contributed by atoms with Crippen molar-refractivity contribution in [1.29, 1.82) is 0 Å². The van der Waals surface area contributed by atoms with Crippen LogP contribution < -0.4 is 0 Å². The normalized spacial score (nSPS) is 33.8. The predicted molar refractivity (Wildman–Crippen MR) is 135 cm³/mol. The summed E-state index contributed by atoms with van der Waals surface area (Å²) in [4.78, 5) is 27.0. The second-order valence-electron chi connectivity index (χ2n) is 10.1. The third kappa shape index (κ3) is 5.53. The molecule has 1 aromatic carbocycles. The first-order valence-electron chi connectivity index (χ1n) is 12.9. The SMILES string of the molecule is C=C[C@H]1[C@H](O[C@H]2O[C@H](CO)[C@@H](O)[C@H](O)[C@H]2O)OC=C(C(=O)OC)[C@@H]1C[C@@H]1c2cc(O)c(O)cc2CCN1C(C)=O. The van der Waals surface area contributed by atoms with E-state index in [0.29, 0.717) is 18.5 Å². The molecule has 0 radical (unpaired) electrons. The Labute approximate surface area is 230 Å². The van der Waals surface area contributed by atoms with Crippen molar-refractivity contribution in [2.45, 2.75) is 62.8 Å². The molecule has 6 N–H and O–H groups in total. The van der Waals surface area contributed by atoms with Crippen molar-refractivity contribution < 1.29 is 59.2 Å². The van der Waals surface area contributed by atoms with Crippen LogP contribution in [0.3, 0.4) is 0 Å². The molecule has 0 aliphatic carbocycles. The lowest BCUT2D eigenvalue weighted by Gasteiger charge is -2.44. The number of methoxy groups -OCH3 is 1. The summed E-state index contributed by atoms with van der Waals surface area (Å²) in [7, 11) is 1.21. The molecule has 0 spiro atoms. The predicted octanol–water partition coefficient (Wildman–Crippen LogP) is -0.418. The lowest BCUT2D eigenvalue weighted by atomic mass is 9.76.